The molecule has 2 amide bonds. The predicted octanol–water partition coefficient (Wildman–Crippen LogP) is 4.92. The molecule has 2 rings (SSSR count). The van der Waals surface area contributed by atoms with Gasteiger partial charge in [0.05, 0.1) is 5.56 Å². The van der Waals surface area contributed by atoms with Crippen LogP contribution in [0.5, 0.6) is 0 Å². The van der Waals surface area contributed by atoms with Gasteiger partial charge in [-0.1, -0.05) is 6.92 Å². The molecule has 0 aliphatic heterocycles. The molecule has 4 nitrogen and oxygen atoms in total. The maximum Gasteiger partial charge on any atom is 0.352 e. The largest absolute Gasteiger partial charge is 0.352 e. The molecule has 0 saturated heterocycles. The van der Waals surface area contributed by atoms with E-state index in [0.717, 1.165) is 12.1 Å². The lowest BCUT2D eigenvalue weighted by molar-refractivity contribution is -0.149. The zero-order valence-corrected chi connectivity index (χ0v) is 16.5. The number of nitrogens with one attached hydrogen (secondary N) is 2. The van der Waals surface area contributed by atoms with Crippen molar-refractivity contribution in [2.75, 3.05) is 5.32 Å². The summed E-state index contributed by atoms with van der Waals surface area (Å²) < 4.78 is 56.7. The summed E-state index contributed by atoms with van der Waals surface area (Å²) >= 11 is 0. The average Bonchev–Trinajstić information content (AvgIpc) is 2.64. The van der Waals surface area contributed by atoms with E-state index in [2.05, 4.69) is 10.6 Å². The van der Waals surface area contributed by atoms with Crippen molar-refractivity contribution >= 4 is 17.5 Å². The SMILES string of the molecule is CCC(C)(C)NC(=O)C(F)(F)c1cc(C(=O)Nc2ccc(F)c(C)c2)ccc1F. The number of aryl methyl sites for hydroxylation is 1. The molecule has 8 heteroatoms. The molecular formula is C21H22F4N2O2. The smallest absolute Gasteiger partial charge is 0.346 e. The second kappa shape index (κ2) is 8.23. The van der Waals surface area contributed by atoms with Crippen LogP contribution in [0, 0.1) is 18.6 Å². The van der Waals surface area contributed by atoms with Crippen LogP contribution in [-0.2, 0) is 10.7 Å². The highest BCUT2D eigenvalue weighted by Gasteiger charge is 2.45. The van der Waals surface area contributed by atoms with E-state index in [1.165, 1.54) is 19.1 Å². The first-order valence-corrected chi connectivity index (χ1v) is 8.95. The van der Waals surface area contributed by atoms with Crippen LogP contribution >= 0.6 is 0 Å². The highest BCUT2D eigenvalue weighted by Crippen LogP contribution is 2.32. The summed E-state index contributed by atoms with van der Waals surface area (Å²) in [6.07, 6.45) is 0.386. The van der Waals surface area contributed by atoms with Crippen molar-refractivity contribution in [2.45, 2.75) is 45.6 Å². The molecule has 0 atom stereocenters. The molecule has 0 unspecified atom stereocenters. The van der Waals surface area contributed by atoms with E-state index in [-0.39, 0.29) is 16.8 Å². The highest BCUT2D eigenvalue weighted by molar-refractivity contribution is 6.04. The molecule has 156 valence electrons. The Labute approximate surface area is 166 Å². The fourth-order valence-corrected chi connectivity index (χ4v) is 2.43. The minimum Gasteiger partial charge on any atom is -0.346 e. The number of carbonyl (C=O) groups is 2. The Balaban J connectivity index is 2.31. The number of anilines is 1. The molecule has 29 heavy (non-hydrogen) atoms. The van der Waals surface area contributed by atoms with Crippen LogP contribution in [0.3, 0.4) is 0 Å². The first kappa shape index (κ1) is 22.4. The molecule has 0 saturated carbocycles. The minimum absolute atomic E-state index is 0.244. The van der Waals surface area contributed by atoms with Gasteiger partial charge in [0.15, 0.2) is 0 Å². The summed E-state index contributed by atoms with van der Waals surface area (Å²) in [5.41, 5.74) is -1.86. The Kier molecular flexibility index (Phi) is 6.35. The van der Waals surface area contributed by atoms with Crippen LogP contribution in [0.4, 0.5) is 23.2 Å². The lowest BCUT2D eigenvalue weighted by Gasteiger charge is -2.27. The zero-order valence-electron chi connectivity index (χ0n) is 16.5. The Morgan fingerprint density at radius 2 is 1.62 bits per heavy atom. The maximum atomic E-state index is 14.6. The van der Waals surface area contributed by atoms with Gasteiger partial charge in [0.1, 0.15) is 11.6 Å². The van der Waals surface area contributed by atoms with E-state index in [0.29, 0.717) is 18.6 Å². The van der Waals surface area contributed by atoms with Gasteiger partial charge in [-0.25, -0.2) is 8.78 Å². The van der Waals surface area contributed by atoms with Gasteiger partial charge in [-0.15, -0.1) is 0 Å². The molecule has 0 aromatic heterocycles. The molecule has 0 fully saturated rings. The monoisotopic (exact) mass is 410 g/mol. The lowest BCUT2D eigenvalue weighted by atomic mass is 9.99. The summed E-state index contributed by atoms with van der Waals surface area (Å²) in [6.45, 7) is 6.33. The van der Waals surface area contributed by atoms with Crippen LogP contribution < -0.4 is 10.6 Å². The maximum absolute atomic E-state index is 14.6. The van der Waals surface area contributed by atoms with E-state index in [4.69, 9.17) is 0 Å². The molecule has 2 aromatic rings. The standard InChI is InChI=1S/C21H22F4N2O2/c1-5-20(3,4)27-19(29)21(24,25)15-11-13(6-8-17(15)23)18(28)26-14-7-9-16(22)12(2)10-14/h6-11H,5H2,1-4H3,(H,26,28)(H,27,29). The number of halogens is 4. The number of alkyl halides is 2. The van der Waals surface area contributed by atoms with Crippen molar-refractivity contribution < 1.29 is 27.2 Å². The molecule has 0 spiro atoms. The second-order valence-electron chi connectivity index (χ2n) is 7.38. The van der Waals surface area contributed by atoms with Crippen molar-refractivity contribution in [1.29, 1.82) is 0 Å². The number of hydrogen-bond donors (Lipinski definition) is 2. The van der Waals surface area contributed by atoms with Crippen molar-refractivity contribution in [3.8, 4) is 0 Å². The third-order valence-electron chi connectivity index (χ3n) is 4.60. The molecule has 2 aromatic carbocycles. The van der Waals surface area contributed by atoms with E-state index in [1.54, 1.807) is 20.8 Å². The van der Waals surface area contributed by atoms with Crippen LogP contribution in [0.2, 0.25) is 0 Å². The van der Waals surface area contributed by atoms with Gasteiger partial charge in [-0.3, -0.25) is 9.59 Å². The lowest BCUT2D eigenvalue weighted by Crippen LogP contribution is -2.49. The topological polar surface area (TPSA) is 58.2 Å². The fraction of sp³-hybridized carbons (Fsp3) is 0.333. The third kappa shape index (κ3) is 5.13. The van der Waals surface area contributed by atoms with Gasteiger partial charge in [-0.05, 0) is 69.2 Å². The number of rotatable bonds is 6. The Hall–Kier alpha value is -2.90. The zero-order chi connectivity index (χ0) is 22.0. The van der Waals surface area contributed by atoms with E-state index < -0.39 is 40.5 Å². The number of carbonyl (C=O) groups excluding carboxylic acids is 2. The summed E-state index contributed by atoms with van der Waals surface area (Å²) in [5, 5.41) is 4.61. The highest BCUT2D eigenvalue weighted by atomic mass is 19.3. The summed E-state index contributed by atoms with van der Waals surface area (Å²) in [4.78, 5) is 24.4. The van der Waals surface area contributed by atoms with Crippen LogP contribution in [0.15, 0.2) is 36.4 Å². The Morgan fingerprint density at radius 1 is 1.00 bits per heavy atom. The quantitative estimate of drug-likeness (QED) is 0.664. The number of benzene rings is 2. The van der Waals surface area contributed by atoms with E-state index >= 15 is 0 Å². The summed E-state index contributed by atoms with van der Waals surface area (Å²) in [6, 6.07) is 6.18. The number of amides is 2. The van der Waals surface area contributed by atoms with E-state index in [9.17, 15) is 27.2 Å². The predicted molar refractivity (Wildman–Crippen MR) is 102 cm³/mol. The molecule has 0 radical (unpaired) electrons. The summed E-state index contributed by atoms with van der Waals surface area (Å²) in [7, 11) is 0. The molecule has 0 heterocycles. The molecule has 2 N–H and O–H groups in total. The van der Waals surface area contributed by atoms with Crippen LogP contribution in [-0.4, -0.2) is 17.4 Å². The first-order chi connectivity index (χ1) is 13.4. The van der Waals surface area contributed by atoms with Gasteiger partial charge in [0, 0.05) is 16.8 Å². The fourth-order valence-electron chi connectivity index (χ4n) is 2.43. The Morgan fingerprint density at radius 3 is 2.21 bits per heavy atom. The number of hydrogen-bond acceptors (Lipinski definition) is 2. The van der Waals surface area contributed by atoms with Gasteiger partial charge in [0.25, 0.3) is 11.8 Å². The van der Waals surface area contributed by atoms with Crippen molar-refractivity contribution in [3.63, 3.8) is 0 Å². The average molecular weight is 410 g/mol. The first-order valence-electron chi connectivity index (χ1n) is 8.95. The third-order valence-corrected chi connectivity index (χ3v) is 4.60. The minimum atomic E-state index is -4.18. The second-order valence-corrected chi connectivity index (χ2v) is 7.38. The van der Waals surface area contributed by atoms with Crippen molar-refractivity contribution in [2.24, 2.45) is 0 Å². The summed E-state index contributed by atoms with van der Waals surface area (Å²) in [5.74, 6) is -8.42. The van der Waals surface area contributed by atoms with Gasteiger partial charge in [-0.2, -0.15) is 8.78 Å². The Bertz CT molecular complexity index is 942. The molecule has 0 aliphatic rings. The van der Waals surface area contributed by atoms with Gasteiger partial charge >= 0.3 is 5.92 Å². The van der Waals surface area contributed by atoms with Crippen LogP contribution in [0.25, 0.3) is 0 Å². The van der Waals surface area contributed by atoms with Crippen molar-refractivity contribution in [1.82, 2.24) is 5.32 Å². The van der Waals surface area contributed by atoms with Gasteiger partial charge in [0.2, 0.25) is 0 Å². The van der Waals surface area contributed by atoms with E-state index in [1.807, 2.05) is 0 Å². The molecule has 0 aliphatic carbocycles. The molecule has 0 bridgehead atoms. The van der Waals surface area contributed by atoms with Gasteiger partial charge < -0.3 is 10.6 Å². The van der Waals surface area contributed by atoms with Crippen molar-refractivity contribution in [3.05, 3.63) is 64.7 Å². The normalized spacial score (nSPS) is 11.9. The molecular weight excluding hydrogens is 388 g/mol. The van der Waals surface area contributed by atoms with Crippen LogP contribution in [0.1, 0.15) is 48.7 Å².